The van der Waals surface area contributed by atoms with Gasteiger partial charge >= 0.3 is 12.1 Å². The molecule has 1 atom stereocenters. The fourth-order valence-electron chi connectivity index (χ4n) is 3.06. The number of ether oxygens (including phenoxy) is 2. The van der Waals surface area contributed by atoms with E-state index in [1.807, 2.05) is 20.8 Å². The second-order valence-electron chi connectivity index (χ2n) is 8.30. The zero-order valence-corrected chi connectivity index (χ0v) is 18.1. The summed E-state index contributed by atoms with van der Waals surface area (Å²) in [5, 5.41) is 25.0. The summed E-state index contributed by atoms with van der Waals surface area (Å²) in [6, 6.07) is 2.84. The SMILES string of the molecule is CC(C)(C)c1cc2c(cc1Cl)C=C(C(=O)OCO/N=[N+](\[O-])N1CC(O)C1)[C@@H](C(F)(F)F)O2. The number of fused-ring (bicyclic) bond motifs is 1. The third-order valence-electron chi connectivity index (χ3n) is 4.73. The van der Waals surface area contributed by atoms with Crippen LogP contribution < -0.4 is 4.74 Å². The van der Waals surface area contributed by atoms with Crippen molar-refractivity contribution in [3.05, 3.63) is 39.1 Å². The fraction of sp³-hybridized carbons (Fsp3) is 0.526. The maximum Gasteiger partial charge on any atom is 0.430 e. The largest absolute Gasteiger partial charge is 0.569 e. The summed E-state index contributed by atoms with van der Waals surface area (Å²) in [6.45, 7) is 4.73. The first-order valence-corrected chi connectivity index (χ1v) is 9.84. The molecule has 0 saturated carbocycles. The lowest BCUT2D eigenvalue weighted by Gasteiger charge is -2.30. The van der Waals surface area contributed by atoms with Crippen LogP contribution in [-0.4, -0.2) is 59.3 Å². The molecule has 2 heterocycles. The molecule has 0 amide bonds. The highest BCUT2D eigenvalue weighted by atomic mass is 35.5. The van der Waals surface area contributed by atoms with Crippen molar-refractivity contribution >= 4 is 23.6 Å². The summed E-state index contributed by atoms with van der Waals surface area (Å²) in [6.07, 6.45) is -7.13. The number of alkyl halides is 3. The number of hydrogen-bond acceptors (Lipinski definition) is 7. The molecule has 0 aromatic heterocycles. The number of benzene rings is 1. The summed E-state index contributed by atoms with van der Waals surface area (Å²) < 4.78 is 50.6. The Morgan fingerprint density at radius 3 is 2.59 bits per heavy atom. The molecular weight excluding hydrogens is 459 g/mol. The van der Waals surface area contributed by atoms with Crippen LogP contribution in [0.1, 0.15) is 31.9 Å². The van der Waals surface area contributed by atoms with Gasteiger partial charge in [0, 0.05) is 10.6 Å². The maximum absolute atomic E-state index is 13.6. The quantitative estimate of drug-likeness (QED) is 0.172. The smallest absolute Gasteiger partial charge is 0.430 e. The van der Waals surface area contributed by atoms with Gasteiger partial charge in [-0.25, -0.2) is 4.79 Å². The van der Waals surface area contributed by atoms with Gasteiger partial charge in [0.05, 0.1) is 10.5 Å². The summed E-state index contributed by atoms with van der Waals surface area (Å²) in [4.78, 5) is 16.9. The second-order valence-corrected chi connectivity index (χ2v) is 8.70. The molecule has 13 heteroatoms. The zero-order chi connectivity index (χ0) is 23.8. The van der Waals surface area contributed by atoms with Gasteiger partial charge in [0.1, 0.15) is 24.9 Å². The molecule has 0 radical (unpaired) electrons. The van der Waals surface area contributed by atoms with Crippen LogP contribution in [0.25, 0.3) is 6.08 Å². The van der Waals surface area contributed by atoms with Crippen molar-refractivity contribution in [1.82, 2.24) is 5.01 Å². The monoisotopic (exact) mass is 479 g/mol. The molecule has 176 valence electrons. The maximum atomic E-state index is 13.6. The Hall–Kier alpha value is -2.73. The van der Waals surface area contributed by atoms with Crippen LogP contribution in [0, 0.1) is 5.21 Å². The number of hydrogen-bond donors (Lipinski definition) is 1. The summed E-state index contributed by atoms with van der Waals surface area (Å²) in [5.41, 5.74) is -0.484. The Morgan fingerprint density at radius 2 is 2.03 bits per heavy atom. The Labute approximate surface area is 186 Å². The Bertz CT molecular complexity index is 955. The lowest BCUT2D eigenvalue weighted by molar-refractivity contribution is -0.727. The van der Waals surface area contributed by atoms with Gasteiger partial charge in [0.2, 0.25) is 11.4 Å². The zero-order valence-electron chi connectivity index (χ0n) is 17.4. The van der Waals surface area contributed by atoms with Crippen LogP contribution in [0.3, 0.4) is 0 Å². The first-order valence-electron chi connectivity index (χ1n) is 9.46. The minimum absolute atomic E-state index is 0.0348. The normalized spacial score (nSPS) is 19.5. The van der Waals surface area contributed by atoms with E-state index < -0.39 is 42.1 Å². The molecule has 9 nitrogen and oxygen atoms in total. The van der Waals surface area contributed by atoms with E-state index in [4.69, 9.17) is 21.4 Å². The molecule has 1 aromatic carbocycles. The van der Waals surface area contributed by atoms with Gasteiger partial charge in [-0.2, -0.15) is 13.2 Å². The number of aliphatic hydroxyl groups is 1. The molecule has 32 heavy (non-hydrogen) atoms. The Kier molecular flexibility index (Phi) is 6.47. The number of halogens is 4. The van der Waals surface area contributed by atoms with Crippen LogP contribution in [0.4, 0.5) is 13.2 Å². The molecule has 3 rings (SSSR count). The van der Waals surface area contributed by atoms with Crippen molar-refractivity contribution in [3.63, 3.8) is 0 Å². The Morgan fingerprint density at radius 1 is 1.38 bits per heavy atom. The molecule has 2 aliphatic heterocycles. The number of aliphatic hydroxyl groups excluding tert-OH is 1. The van der Waals surface area contributed by atoms with E-state index in [0.29, 0.717) is 10.6 Å². The lowest BCUT2D eigenvalue weighted by Crippen LogP contribution is -2.53. The van der Waals surface area contributed by atoms with Gasteiger partial charge in [-0.15, -0.1) is 5.01 Å². The van der Waals surface area contributed by atoms with Crippen molar-refractivity contribution in [2.75, 3.05) is 19.9 Å². The molecule has 0 aliphatic carbocycles. The van der Waals surface area contributed by atoms with Crippen LogP contribution in [0.15, 0.2) is 23.0 Å². The average molecular weight is 480 g/mol. The van der Waals surface area contributed by atoms with E-state index in [9.17, 15) is 23.2 Å². The molecule has 1 saturated heterocycles. The topological polar surface area (TPSA) is 107 Å². The summed E-state index contributed by atoms with van der Waals surface area (Å²) in [7, 11) is 0. The van der Waals surface area contributed by atoms with E-state index in [-0.39, 0.29) is 29.4 Å². The summed E-state index contributed by atoms with van der Waals surface area (Å²) in [5.74, 6) is -1.43. The predicted octanol–water partition coefficient (Wildman–Crippen LogP) is 3.33. The van der Waals surface area contributed by atoms with Crippen molar-refractivity contribution in [2.24, 2.45) is 5.28 Å². The van der Waals surface area contributed by atoms with E-state index in [1.165, 1.54) is 12.1 Å². The average Bonchev–Trinajstić information content (AvgIpc) is 2.65. The first-order chi connectivity index (χ1) is 14.8. The van der Waals surface area contributed by atoms with Crippen molar-refractivity contribution < 1.29 is 42.4 Å². The highest BCUT2D eigenvalue weighted by molar-refractivity contribution is 6.31. The van der Waals surface area contributed by atoms with Crippen LogP contribution in [-0.2, 0) is 19.8 Å². The number of nitrogens with zero attached hydrogens (tertiary/aromatic N) is 3. The molecule has 1 N–H and O–H groups in total. The van der Waals surface area contributed by atoms with E-state index >= 15 is 0 Å². The highest BCUT2D eigenvalue weighted by Crippen LogP contribution is 2.42. The lowest BCUT2D eigenvalue weighted by atomic mass is 9.85. The highest BCUT2D eigenvalue weighted by Gasteiger charge is 2.49. The van der Waals surface area contributed by atoms with Crippen molar-refractivity contribution in [3.8, 4) is 5.75 Å². The Balaban J connectivity index is 1.76. The van der Waals surface area contributed by atoms with E-state index in [1.54, 1.807) is 0 Å². The van der Waals surface area contributed by atoms with Gasteiger partial charge in [-0.1, -0.05) is 32.4 Å². The molecule has 0 unspecified atom stereocenters. The van der Waals surface area contributed by atoms with Crippen LogP contribution in [0.5, 0.6) is 5.75 Å². The van der Waals surface area contributed by atoms with Gasteiger partial charge in [0.15, 0.2) is 0 Å². The standard InChI is InChI=1S/C19H21ClF3N3O6/c1-18(2,3)13-6-15-10(5-14(13)20)4-12(16(32-15)19(21,22)23)17(28)30-9-31-24-26(29)25-7-11(27)8-25/h4-6,11,16,27H,7-9H2,1-3H3/b26-24-/t16-/m0/s1. The number of rotatable bonds is 5. The minimum Gasteiger partial charge on any atom is -0.569 e. The second kappa shape index (κ2) is 8.66. The minimum atomic E-state index is -4.90. The fourth-order valence-corrected chi connectivity index (χ4v) is 3.52. The van der Waals surface area contributed by atoms with Crippen molar-refractivity contribution in [2.45, 2.75) is 44.6 Å². The van der Waals surface area contributed by atoms with Crippen LogP contribution >= 0.6 is 11.6 Å². The first kappa shape index (κ1) is 23.9. The van der Waals surface area contributed by atoms with Gasteiger partial charge in [0.25, 0.3) is 6.79 Å². The van der Waals surface area contributed by atoms with Crippen LogP contribution in [0.2, 0.25) is 5.02 Å². The molecule has 1 aromatic rings. The third kappa shape index (κ3) is 5.18. The van der Waals surface area contributed by atoms with Gasteiger partial charge in [-0.3, -0.25) is 0 Å². The molecule has 0 spiro atoms. The van der Waals surface area contributed by atoms with Crippen molar-refractivity contribution in [1.29, 1.82) is 0 Å². The molecular formula is C19H21ClF3N3O6. The summed E-state index contributed by atoms with van der Waals surface area (Å²) >= 11 is 6.27. The van der Waals surface area contributed by atoms with Gasteiger partial charge in [-0.05, 0) is 29.2 Å². The number of esters is 1. The predicted molar refractivity (Wildman–Crippen MR) is 104 cm³/mol. The van der Waals surface area contributed by atoms with E-state index in [0.717, 1.165) is 11.1 Å². The number of carbonyl (C=O) groups excluding carboxylic acids is 1. The third-order valence-corrected chi connectivity index (χ3v) is 5.05. The van der Waals surface area contributed by atoms with Gasteiger partial charge < -0.3 is 24.6 Å². The molecule has 2 aliphatic rings. The number of hydrazine groups is 1. The molecule has 0 bridgehead atoms. The van der Waals surface area contributed by atoms with E-state index in [2.05, 4.69) is 14.9 Å². The number of carbonyl (C=O) groups is 1. The number of β-amino-alcohol motifs (C(OH)–C–C–N with tert-alkyl or cyclic N) is 1. The molecule has 1 fully saturated rings.